The summed E-state index contributed by atoms with van der Waals surface area (Å²) in [6.45, 7) is 11.7. The summed E-state index contributed by atoms with van der Waals surface area (Å²) in [5.74, 6) is -0.250. The van der Waals surface area contributed by atoms with Crippen molar-refractivity contribution >= 4 is 11.9 Å². The summed E-state index contributed by atoms with van der Waals surface area (Å²) in [5.41, 5.74) is 0. The van der Waals surface area contributed by atoms with Crippen LogP contribution in [0.3, 0.4) is 0 Å². The normalized spacial score (nSPS) is 10.8. The summed E-state index contributed by atoms with van der Waals surface area (Å²) in [4.78, 5) is 22.8. The quantitative estimate of drug-likeness (QED) is 0.165. The molecule has 0 unspecified atom stereocenters. The average molecular weight is 403 g/mol. The van der Waals surface area contributed by atoms with Crippen LogP contribution in [0.2, 0.25) is 0 Å². The smallest absolute Gasteiger partial charge is 0.307 e. The van der Waals surface area contributed by atoms with Crippen LogP contribution in [-0.2, 0) is 19.1 Å². The summed E-state index contributed by atoms with van der Waals surface area (Å²) in [5, 5.41) is 13.1. The molecule has 0 fully saturated rings. The minimum Gasteiger partial charge on any atom is -0.466 e. The molecule has 0 saturated heterocycles. The van der Waals surface area contributed by atoms with E-state index in [9.17, 15) is 9.59 Å². The van der Waals surface area contributed by atoms with E-state index in [4.69, 9.17) is 9.47 Å². The molecule has 0 rings (SSSR count). The van der Waals surface area contributed by atoms with Gasteiger partial charge in [0.1, 0.15) is 0 Å². The van der Waals surface area contributed by atoms with Gasteiger partial charge in [-0.3, -0.25) is 9.59 Å². The molecule has 0 radical (unpaired) electrons. The molecular formula is C20H42N4O4. The third-order valence-corrected chi connectivity index (χ3v) is 3.97. The molecule has 0 aromatic heterocycles. The number of carbonyl (C=O) groups excluding carboxylic acids is 2. The van der Waals surface area contributed by atoms with Gasteiger partial charge >= 0.3 is 11.9 Å². The number of rotatable bonds is 21. The number of nitrogens with one attached hydrogen (secondary N) is 4. The minimum atomic E-state index is -0.125. The maximum absolute atomic E-state index is 11.4. The lowest BCUT2D eigenvalue weighted by Gasteiger charge is -2.09. The molecule has 0 bridgehead atoms. The van der Waals surface area contributed by atoms with Gasteiger partial charge in [-0.15, -0.1) is 0 Å². The van der Waals surface area contributed by atoms with E-state index in [1.165, 1.54) is 0 Å². The first-order chi connectivity index (χ1) is 13.7. The number of esters is 2. The fourth-order valence-corrected chi connectivity index (χ4v) is 2.22. The fraction of sp³-hybridized carbons (Fsp3) is 0.900. The van der Waals surface area contributed by atoms with E-state index >= 15 is 0 Å². The Labute approximate surface area is 170 Å². The van der Waals surface area contributed by atoms with E-state index in [-0.39, 0.29) is 11.9 Å². The predicted octanol–water partition coefficient (Wildman–Crippen LogP) is 0.812. The standard InChI is InChI=1S/C20H42N4O4/c1-3-5-17-27-19(25)7-9-21-11-13-23-15-16-24-14-12-22-10-8-20(26)28-18-6-4-2/h21-24H,3-18H2,1-2H3. The molecule has 0 aliphatic carbocycles. The number of hydrogen-bond donors (Lipinski definition) is 4. The summed E-state index contributed by atoms with van der Waals surface area (Å²) in [6, 6.07) is 0. The number of hydrogen-bond acceptors (Lipinski definition) is 8. The molecule has 0 saturated carbocycles. The average Bonchev–Trinajstić information content (AvgIpc) is 2.68. The van der Waals surface area contributed by atoms with Crippen molar-refractivity contribution in [2.45, 2.75) is 52.4 Å². The van der Waals surface area contributed by atoms with Crippen molar-refractivity contribution in [3.8, 4) is 0 Å². The minimum absolute atomic E-state index is 0.125. The highest BCUT2D eigenvalue weighted by molar-refractivity contribution is 5.69. The van der Waals surface area contributed by atoms with E-state index in [1.54, 1.807) is 0 Å². The van der Waals surface area contributed by atoms with Crippen molar-refractivity contribution in [2.24, 2.45) is 0 Å². The second-order valence-corrected chi connectivity index (χ2v) is 6.65. The maximum atomic E-state index is 11.4. The molecule has 0 heterocycles. The topological polar surface area (TPSA) is 101 Å². The third kappa shape index (κ3) is 21.1. The van der Waals surface area contributed by atoms with E-state index in [2.05, 4.69) is 35.1 Å². The van der Waals surface area contributed by atoms with E-state index in [1.807, 2.05) is 0 Å². The molecule has 8 heteroatoms. The summed E-state index contributed by atoms with van der Waals surface area (Å²) in [6.07, 6.45) is 4.79. The first-order valence-electron chi connectivity index (χ1n) is 10.8. The third-order valence-electron chi connectivity index (χ3n) is 3.97. The highest BCUT2D eigenvalue weighted by Gasteiger charge is 2.02. The van der Waals surface area contributed by atoms with Crippen LogP contribution in [-0.4, -0.2) is 77.5 Å². The Morgan fingerprint density at radius 3 is 1.21 bits per heavy atom. The molecule has 166 valence electrons. The van der Waals surface area contributed by atoms with Crippen LogP contribution in [0.4, 0.5) is 0 Å². The van der Waals surface area contributed by atoms with E-state index < -0.39 is 0 Å². The highest BCUT2D eigenvalue weighted by atomic mass is 16.5. The van der Waals surface area contributed by atoms with Gasteiger partial charge in [-0.2, -0.15) is 0 Å². The number of carbonyl (C=O) groups is 2. The molecule has 0 aliphatic heterocycles. The van der Waals surface area contributed by atoms with Gasteiger partial charge in [0.05, 0.1) is 26.1 Å². The van der Waals surface area contributed by atoms with Crippen LogP contribution in [0.1, 0.15) is 52.4 Å². The lowest BCUT2D eigenvalue weighted by atomic mass is 10.3. The monoisotopic (exact) mass is 402 g/mol. The van der Waals surface area contributed by atoms with E-state index in [0.29, 0.717) is 39.1 Å². The second kappa shape index (κ2) is 22.1. The van der Waals surface area contributed by atoms with Crippen LogP contribution in [0.15, 0.2) is 0 Å². The summed E-state index contributed by atoms with van der Waals surface area (Å²) < 4.78 is 10.2. The van der Waals surface area contributed by atoms with Crippen LogP contribution < -0.4 is 21.3 Å². The van der Waals surface area contributed by atoms with Gasteiger partial charge in [0.15, 0.2) is 0 Å². The van der Waals surface area contributed by atoms with Gasteiger partial charge in [-0.05, 0) is 12.8 Å². The molecule has 8 nitrogen and oxygen atoms in total. The Hall–Kier alpha value is -1.22. The molecule has 4 N–H and O–H groups in total. The lowest BCUT2D eigenvalue weighted by molar-refractivity contribution is -0.144. The second-order valence-electron chi connectivity index (χ2n) is 6.65. The number of ether oxygens (including phenoxy) is 2. The summed E-state index contributed by atoms with van der Waals surface area (Å²) in [7, 11) is 0. The molecule has 0 aliphatic rings. The lowest BCUT2D eigenvalue weighted by Crippen LogP contribution is -2.35. The molecule has 28 heavy (non-hydrogen) atoms. The zero-order valence-electron chi connectivity index (χ0n) is 17.9. The van der Waals surface area contributed by atoms with Crippen LogP contribution in [0.25, 0.3) is 0 Å². The molecule has 0 aromatic rings. The molecule has 0 spiro atoms. The Bertz CT molecular complexity index is 336. The van der Waals surface area contributed by atoms with Gasteiger partial charge in [-0.1, -0.05) is 26.7 Å². The van der Waals surface area contributed by atoms with Gasteiger partial charge in [0.2, 0.25) is 0 Å². The van der Waals surface area contributed by atoms with Gasteiger partial charge in [0, 0.05) is 52.4 Å². The fourth-order valence-electron chi connectivity index (χ4n) is 2.22. The van der Waals surface area contributed by atoms with Gasteiger partial charge in [0.25, 0.3) is 0 Å². The molecule has 0 amide bonds. The largest absolute Gasteiger partial charge is 0.466 e. The first kappa shape index (κ1) is 26.8. The van der Waals surface area contributed by atoms with Crippen LogP contribution in [0, 0.1) is 0 Å². The van der Waals surface area contributed by atoms with Crippen molar-refractivity contribution < 1.29 is 19.1 Å². The SMILES string of the molecule is CCCCOC(=O)CCNCCNCCNCCNCCC(=O)OCCCC. The van der Waals surface area contributed by atoms with Gasteiger partial charge in [-0.25, -0.2) is 0 Å². The maximum Gasteiger partial charge on any atom is 0.307 e. The molecule has 0 aromatic carbocycles. The zero-order chi connectivity index (χ0) is 20.7. The Balaban J connectivity index is 3.16. The Morgan fingerprint density at radius 2 is 0.893 bits per heavy atom. The van der Waals surface area contributed by atoms with Gasteiger partial charge < -0.3 is 30.7 Å². The van der Waals surface area contributed by atoms with Crippen molar-refractivity contribution in [3.05, 3.63) is 0 Å². The highest BCUT2D eigenvalue weighted by Crippen LogP contribution is 1.91. The first-order valence-corrected chi connectivity index (χ1v) is 10.8. The van der Waals surface area contributed by atoms with E-state index in [0.717, 1.165) is 65.0 Å². The van der Waals surface area contributed by atoms with Crippen molar-refractivity contribution in [2.75, 3.05) is 65.6 Å². The van der Waals surface area contributed by atoms with Crippen LogP contribution in [0.5, 0.6) is 0 Å². The summed E-state index contributed by atoms with van der Waals surface area (Å²) >= 11 is 0. The Morgan fingerprint density at radius 1 is 0.571 bits per heavy atom. The molecular weight excluding hydrogens is 360 g/mol. The van der Waals surface area contributed by atoms with Crippen LogP contribution >= 0.6 is 0 Å². The number of unbranched alkanes of at least 4 members (excludes halogenated alkanes) is 2. The Kier molecular flexibility index (Phi) is 21.1. The van der Waals surface area contributed by atoms with Crippen molar-refractivity contribution in [3.63, 3.8) is 0 Å². The zero-order valence-corrected chi connectivity index (χ0v) is 17.9. The van der Waals surface area contributed by atoms with Crippen molar-refractivity contribution in [1.82, 2.24) is 21.3 Å². The predicted molar refractivity (Wildman–Crippen MR) is 112 cm³/mol. The van der Waals surface area contributed by atoms with Crippen molar-refractivity contribution in [1.29, 1.82) is 0 Å². The molecule has 0 atom stereocenters.